The zero-order chi connectivity index (χ0) is 34.4. The Balaban J connectivity index is 1.15. The van der Waals surface area contributed by atoms with Crippen LogP contribution in [-0.4, -0.2) is 0 Å². The van der Waals surface area contributed by atoms with E-state index < -0.39 is 0 Å². The maximum atomic E-state index is 6.95. The zero-order valence-corrected chi connectivity index (χ0v) is 28.6. The standard InChI is InChI=1S/C52H28O/c1-2-6-36-28-46-45(26-35(36)5-1)51-44(41-22-16-34-14-12-30-8-4-10-32-18-24-43(41)50(34)48(30)32)27-38-25-37(19-21-40(38)52(51)53-46)39-20-15-33-13-11-29-7-3-9-31-17-23-42(39)49(33)47(29)31/h1-28H. The summed E-state index contributed by atoms with van der Waals surface area (Å²) in [6.45, 7) is 0. The quantitative estimate of drug-likeness (QED) is 0.167. The third-order valence-electron chi connectivity index (χ3n) is 12.1. The Morgan fingerprint density at radius 2 is 0.774 bits per heavy atom. The van der Waals surface area contributed by atoms with Gasteiger partial charge in [0.15, 0.2) is 0 Å². The summed E-state index contributed by atoms with van der Waals surface area (Å²) in [5.74, 6) is 0. The van der Waals surface area contributed by atoms with Gasteiger partial charge in [0, 0.05) is 16.2 Å². The highest BCUT2D eigenvalue weighted by atomic mass is 16.3. The third kappa shape index (κ3) is 3.66. The van der Waals surface area contributed by atoms with Crippen molar-refractivity contribution in [1.82, 2.24) is 0 Å². The molecule has 0 aliphatic heterocycles. The molecule has 0 radical (unpaired) electrons. The molecule has 0 saturated heterocycles. The highest BCUT2D eigenvalue weighted by Crippen LogP contribution is 2.47. The first-order valence-corrected chi connectivity index (χ1v) is 18.4. The van der Waals surface area contributed by atoms with Gasteiger partial charge in [0.2, 0.25) is 0 Å². The first kappa shape index (κ1) is 27.7. The lowest BCUT2D eigenvalue weighted by atomic mass is 9.87. The van der Waals surface area contributed by atoms with Crippen LogP contribution in [0.3, 0.4) is 0 Å². The highest BCUT2D eigenvalue weighted by molar-refractivity contribution is 6.30. The van der Waals surface area contributed by atoms with Crippen molar-refractivity contribution in [3.05, 3.63) is 170 Å². The largest absolute Gasteiger partial charge is 0.455 e. The predicted octanol–water partition coefficient (Wildman–Crippen LogP) is 15.0. The van der Waals surface area contributed by atoms with Gasteiger partial charge in [-0.2, -0.15) is 0 Å². The fraction of sp³-hybridized carbons (Fsp3) is 0. The van der Waals surface area contributed by atoms with Crippen molar-refractivity contribution in [2.75, 3.05) is 0 Å². The molecule has 1 heteroatoms. The number of fused-ring (bicyclic) bond motifs is 6. The van der Waals surface area contributed by atoms with Crippen LogP contribution in [0.2, 0.25) is 0 Å². The van der Waals surface area contributed by atoms with Gasteiger partial charge in [-0.15, -0.1) is 0 Å². The minimum absolute atomic E-state index is 0.918. The van der Waals surface area contributed by atoms with Gasteiger partial charge in [-0.3, -0.25) is 0 Å². The summed E-state index contributed by atoms with van der Waals surface area (Å²) >= 11 is 0. The van der Waals surface area contributed by atoms with Gasteiger partial charge in [-0.05, 0) is 133 Å². The van der Waals surface area contributed by atoms with Crippen molar-refractivity contribution in [1.29, 1.82) is 0 Å². The van der Waals surface area contributed by atoms with E-state index in [1.54, 1.807) is 0 Å². The molecule has 0 saturated carbocycles. The summed E-state index contributed by atoms with van der Waals surface area (Å²) in [6.07, 6.45) is 0. The molecule has 0 atom stereocenters. The van der Waals surface area contributed by atoms with Crippen LogP contribution in [-0.2, 0) is 0 Å². The molecule has 0 aliphatic carbocycles. The van der Waals surface area contributed by atoms with Crippen LogP contribution in [0.1, 0.15) is 0 Å². The van der Waals surface area contributed by atoms with Crippen LogP contribution in [0, 0.1) is 0 Å². The van der Waals surface area contributed by atoms with Crippen molar-refractivity contribution >= 4 is 108 Å². The Morgan fingerprint density at radius 3 is 1.43 bits per heavy atom. The molecule has 0 N–H and O–H groups in total. The Labute approximate surface area is 303 Å². The van der Waals surface area contributed by atoms with Gasteiger partial charge < -0.3 is 4.42 Å². The second-order valence-corrected chi connectivity index (χ2v) is 14.8. The second kappa shape index (κ2) is 9.88. The maximum absolute atomic E-state index is 6.95. The molecular weight excluding hydrogens is 641 g/mol. The van der Waals surface area contributed by atoms with Crippen LogP contribution < -0.4 is 0 Å². The maximum Gasteiger partial charge on any atom is 0.143 e. The summed E-state index contributed by atoms with van der Waals surface area (Å²) in [5, 5.41) is 22.6. The third-order valence-corrected chi connectivity index (χ3v) is 12.1. The molecular formula is C52H28O. The van der Waals surface area contributed by atoms with Crippen molar-refractivity contribution in [2.45, 2.75) is 0 Å². The Morgan fingerprint density at radius 1 is 0.264 bits per heavy atom. The Kier molecular flexibility index (Phi) is 5.17. The number of hydrogen-bond donors (Lipinski definition) is 0. The minimum atomic E-state index is 0.918. The average molecular weight is 669 g/mol. The molecule has 1 aromatic heterocycles. The monoisotopic (exact) mass is 668 g/mol. The first-order chi connectivity index (χ1) is 26.2. The lowest BCUT2D eigenvalue weighted by Gasteiger charge is -2.16. The van der Waals surface area contributed by atoms with E-state index in [-0.39, 0.29) is 0 Å². The molecule has 13 aromatic rings. The summed E-state index contributed by atoms with van der Waals surface area (Å²) in [7, 11) is 0. The van der Waals surface area contributed by atoms with E-state index in [1.165, 1.54) is 108 Å². The fourth-order valence-electron chi connectivity index (χ4n) is 9.69. The molecule has 13 rings (SSSR count). The normalized spacial score (nSPS) is 12.5. The molecule has 0 unspecified atom stereocenters. The fourth-order valence-corrected chi connectivity index (χ4v) is 9.69. The molecule has 0 aliphatic rings. The van der Waals surface area contributed by atoms with E-state index in [1.807, 2.05) is 0 Å². The molecule has 1 nitrogen and oxygen atoms in total. The molecule has 0 spiro atoms. The zero-order valence-electron chi connectivity index (χ0n) is 28.6. The van der Waals surface area contributed by atoms with Gasteiger partial charge >= 0.3 is 0 Å². The second-order valence-electron chi connectivity index (χ2n) is 14.8. The molecule has 0 fully saturated rings. The van der Waals surface area contributed by atoms with E-state index in [0.29, 0.717) is 0 Å². The molecule has 0 bridgehead atoms. The number of furan rings is 1. The minimum Gasteiger partial charge on any atom is -0.455 e. The smallest absolute Gasteiger partial charge is 0.143 e. The molecule has 12 aromatic carbocycles. The lowest BCUT2D eigenvalue weighted by molar-refractivity contribution is 0.673. The average Bonchev–Trinajstić information content (AvgIpc) is 3.59. The molecule has 1 heterocycles. The van der Waals surface area contributed by atoms with Gasteiger partial charge in [0.1, 0.15) is 11.2 Å². The molecule has 242 valence electrons. The van der Waals surface area contributed by atoms with E-state index in [9.17, 15) is 0 Å². The first-order valence-electron chi connectivity index (χ1n) is 18.4. The van der Waals surface area contributed by atoms with E-state index in [2.05, 4.69) is 170 Å². The summed E-state index contributed by atoms with van der Waals surface area (Å²) < 4.78 is 6.95. The number of benzene rings is 12. The summed E-state index contributed by atoms with van der Waals surface area (Å²) in [5.41, 5.74) is 6.74. The van der Waals surface area contributed by atoms with Gasteiger partial charge in [0.25, 0.3) is 0 Å². The van der Waals surface area contributed by atoms with Gasteiger partial charge in [-0.1, -0.05) is 140 Å². The van der Waals surface area contributed by atoms with Crippen LogP contribution in [0.5, 0.6) is 0 Å². The number of hydrogen-bond acceptors (Lipinski definition) is 1. The van der Waals surface area contributed by atoms with Crippen LogP contribution in [0.4, 0.5) is 0 Å². The van der Waals surface area contributed by atoms with Crippen molar-refractivity contribution in [2.24, 2.45) is 0 Å². The SMILES string of the molecule is c1ccc2cc3c(cc2c1)oc1c2ccc(-c4ccc5ccc6cccc7ccc4c5c67)cc2cc(-c2ccc4ccc5cccc6ccc2c4c56)c31. The Bertz CT molecular complexity index is 3640. The van der Waals surface area contributed by atoms with E-state index in [0.717, 1.165) is 21.9 Å². The van der Waals surface area contributed by atoms with Crippen LogP contribution >= 0.6 is 0 Å². The summed E-state index contributed by atoms with van der Waals surface area (Å²) in [4.78, 5) is 0. The predicted molar refractivity (Wildman–Crippen MR) is 227 cm³/mol. The topological polar surface area (TPSA) is 13.1 Å². The molecule has 0 amide bonds. The molecule has 53 heavy (non-hydrogen) atoms. The van der Waals surface area contributed by atoms with E-state index in [4.69, 9.17) is 4.42 Å². The van der Waals surface area contributed by atoms with Gasteiger partial charge in [-0.25, -0.2) is 0 Å². The number of rotatable bonds is 2. The highest BCUT2D eigenvalue weighted by Gasteiger charge is 2.21. The van der Waals surface area contributed by atoms with Crippen LogP contribution in [0.15, 0.2) is 174 Å². The lowest BCUT2D eigenvalue weighted by Crippen LogP contribution is -1.89. The van der Waals surface area contributed by atoms with Gasteiger partial charge in [0.05, 0.1) is 0 Å². The van der Waals surface area contributed by atoms with Crippen LogP contribution in [0.25, 0.3) is 130 Å². The summed E-state index contributed by atoms with van der Waals surface area (Å²) in [6, 6.07) is 63.2. The van der Waals surface area contributed by atoms with Crippen molar-refractivity contribution < 1.29 is 4.42 Å². The Hall–Kier alpha value is -6.96. The van der Waals surface area contributed by atoms with Crippen molar-refractivity contribution in [3.63, 3.8) is 0 Å². The van der Waals surface area contributed by atoms with E-state index >= 15 is 0 Å². The van der Waals surface area contributed by atoms with Crippen molar-refractivity contribution in [3.8, 4) is 22.3 Å².